The zero-order valence-corrected chi connectivity index (χ0v) is 12.9. The summed E-state index contributed by atoms with van der Waals surface area (Å²) >= 11 is 0. The van der Waals surface area contributed by atoms with Crippen molar-refractivity contribution >= 4 is 0 Å². The van der Waals surface area contributed by atoms with Gasteiger partial charge >= 0.3 is 0 Å². The third-order valence-electron chi connectivity index (χ3n) is 3.39. The largest absolute Gasteiger partial charge is 0.494 e. The van der Waals surface area contributed by atoms with Gasteiger partial charge in [0.1, 0.15) is 17.2 Å². The molecule has 21 heavy (non-hydrogen) atoms. The van der Waals surface area contributed by atoms with Crippen molar-refractivity contribution in [3.63, 3.8) is 0 Å². The Bertz CT molecular complexity index is 547. The van der Waals surface area contributed by atoms with E-state index in [-0.39, 0.29) is 0 Å². The van der Waals surface area contributed by atoms with Crippen molar-refractivity contribution in [3.05, 3.63) is 54.1 Å². The topological polar surface area (TPSA) is 30.5 Å². The standard InChI is InChI=1S/C18H23NO2/c1-4-18(19-3)14-9-11-15(12-10-14)21-17-8-6-7-16(13-17)20-5-2/h6-13,18-19H,4-5H2,1-3H3. The van der Waals surface area contributed by atoms with E-state index in [2.05, 4.69) is 24.4 Å². The Kier molecular flexibility index (Phi) is 5.64. The molecule has 0 heterocycles. The normalized spacial score (nSPS) is 12.0. The number of ether oxygens (including phenoxy) is 2. The third-order valence-corrected chi connectivity index (χ3v) is 3.39. The molecule has 1 atom stereocenters. The van der Waals surface area contributed by atoms with Crippen LogP contribution in [0.15, 0.2) is 48.5 Å². The summed E-state index contributed by atoms with van der Waals surface area (Å²) < 4.78 is 11.3. The molecule has 2 rings (SSSR count). The molecule has 0 bridgehead atoms. The lowest BCUT2D eigenvalue weighted by Gasteiger charge is -2.15. The molecule has 0 radical (unpaired) electrons. The maximum Gasteiger partial charge on any atom is 0.131 e. The second kappa shape index (κ2) is 7.70. The van der Waals surface area contributed by atoms with E-state index in [0.29, 0.717) is 12.6 Å². The quantitative estimate of drug-likeness (QED) is 0.809. The molecule has 3 nitrogen and oxygen atoms in total. The first-order valence-electron chi connectivity index (χ1n) is 7.44. The van der Waals surface area contributed by atoms with Crippen LogP contribution >= 0.6 is 0 Å². The van der Waals surface area contributed by atoms with Gasteiger partial charge in [-0.05, 0) is 50.2 Å². The molecule has 0 amide bonds. The van der Waals surface area contributed by atoms with E-state index in [1.54, 1.807) is 0 Å². The first-order valence-corrected chi connectivity index (χ1v) is 7.44. The Labute approximate surface area is 126 Å². The monoisotopic (exact) mass is 285 g/mol. The van der Waals surface area contributed by atoms with Gasteiger partial charge < -0.3 is 14.8 Å². The maximum absolute atomic E-state index is 5.87. The highest BCUT2D eigenvalue weighted by atomic mass is 16.5. The van der Waals surface area contributed by atoms with E-state index in [4.69, 9.17) is 9.47 Å². The molecule has 0 aliphatic carbocycles. The molecule has 1 N–H and O–H groups in total. The Morgan fingerprint density at radius 1 is 0.952 bits per heavy atom. The summed E-state index contributed by atoms with van der Waals surface area (Å²) in [6.45, 7) is 4.80. The van der Waals surface area contributed by atoms with E-state index in [9.17, 15) is 0 Å². The van der Waals surface area contributed by atoms with Gasteiger partial charge in [-0.25, -0.2) is 0 Å². The molecule has 0 saturated heterocycles. The first-order chi connectivity index (χ1) is 10.3. The fourth-order valence-corrected chi connectivity index (χ4v) is 2.30. The van der Waals surface area contributed by atoms with Crippen LogP contribution in [-0.2, 0) is 0 Å². The van der Waals surface area contributed by atoms with Gasteiger partial charge in [0.2, 0.25) is 0 Å². The van der Waals surface area contributed by atoms with Crippen LogP contribution in [0.25, 0.3) is 0 Å². The van der Waals surface area contributed by atoms with Crippen molar-refractivity contribution in [2.45, 2.75) is 26.3 Å². The minimum atomic E-state index is 0.389. The van der Waals surface area contributed by atoms with Crippen molar-refractivity contribution < 1.29 is 9.47 Å². The summed E-state index contributed by atoms with van der Waals surface area (Å²) in [5, 5.41) is 3.30. The summed E-state index contributed by atoms with van der Waals surface area (Å²) in [6.07, 6.45) is 1.06. The van der Waals surface area contributed by atoms with E-state index in [1.807, 2.05) is 50.4 Å². The van der Waals surface area contributed by atoms with Gasteiger partial charge in [-0.2, -0.15) is 0 Å². The van der Waals surface area contributed by atoms with Crippen LogP contribution in [0.3, 0.4) is 0 Å². The van der Waals surface area contributed by atoms with E-state index < -0.39 is 0 Å². The molecule has 112 valence electrons. The van der Waals surface area contributed by atoms with Gasteiger partial charge in [-0.1, -0.05) is 25.1 Å². The summed E-state index contributed by atoms with van der Waals surface area (Å²) in [6, 6.07) is 16.3. The Hall–Kier alpha value is -2.00. The van der Waals surface area contributed by atoms with Crippen LogP contribution in [0.5, 0.6) is 17.2 Å². The van der Waals surface area contributed by atoms with Crippen LogP contribution in [0, 0.1) is 0 Å². The summed E-state index contributed by atoms with van der Waals surface area (Å²) in [5.74, 6) is 2.44. The number of nitrogens with one attached hydrogen (secondary N) is 1. The van der Waals surface area contributed by atoms with Crippen LogP contribution in [0.2, 0.25) is 0 Å². The number of rotatable bonds is 7. The minimum absolute atomic E-state index is 0.389. The number of hydrogen-bond donors (Lipinski definition) is 1. The second-order valence-electron chi connectivity index (χ2n) is 4.83. The molecular weight excluding hydrogens is 262 g/mol. The first kappa shape index (κ1) is 15.4. The fourth-order valence-electron chi connectivity index (χ4n) is 2.30. The van der Waals surface area contributed by atoms with Gasteiger partial charge in [-0.3, -0.25) is 0 Å². The smallest absolute Gasteiger partial charge is 0.131 e. The molecular formula is C18H23NO2. The fraction of sp³-hybridized carbons (Fsp3) is 0.333. The Morgan fingerprint density at radius 2 is 1.67 bits per heavy atom. The SMILES string of the molecule is CCOc1cccc(Oc2ccc(C(CC)NC)cc2)c1. The Morgan fingerprint density at radius 3 is 2.29 bits per heavy atom. The molecule has 0 fully saturated rings. The van der Waals surface area contributed by atoms with Crippen LogP contribution in [0.1, 0.15) is 31.9 Å². The molecule has 2 aromatic rings. The maximum atomic E-state index is 5.87. The van der Waals surface area contributed by atoms with E-state index >= 15 is 0 Å². The van der Waals surface area contributed by atoms with Gasteiger partial charge in [0, 0.05) is 12.1 Å². The van der Waals surface area contributed by atoms with Crippen LogP contribution in [0.4, 0.5) is 0 Å². The molecule has 0 aliphatic rings. The van der Waals surface area contributed by atoms with Crippen molar-refractivity contribution in [2.24, 2.45) is 0 Å². The van der Waals surface area contributed by atoms with Crippen molar-refractivity contribution in [1.82, 2.24) is 5.32 Å². The Balaban J connectivity index is 2.08. The molecule has 0 spiro atoms. The van der Waals surface area contributed by atoms with Gasteiger partial charge in [0.15, 0.2) is 0 Å². The molecule has 1 unspecified atom stereocenters. The van der Waals surface area contributed by atoms with E-state index in [1.165, 1.54) is 5.56 Å². The molecule has 0 aliphatic heterocycles. The average molecular weight is 285 g/mol. The summed E-state index contributed by atoms with van der Waals surface area (Å²) in [4.78, 5) is 0. The highest BCUT2D eigenvalue weighted by Gasteiger charge is 2.06. The molecule has 2 aromatic carbocycles. The lowest BCUT2D eigenvalue weighted by Crippen LogP contribution is -2.14. The zero-order valence-electron chi connectivity index (χ0n) is 12.9. The molecule has 0 saturated carbocycles. The van der Waals surface area contributed by atoms with Crippen molar-refractivity contribution in [2.75, 3.05) is 13.7 Å². The number of hydrogen-bond acceptors (Lipinski definition) is 3. The summed E-state index contributed by atoms with van der Waals surface area (Å²) in [5.41, 5.74) is 1.27. The highest BCUT2D eigenvalue weighted by Crippen LogP contribution is 2.26. The van der Waals surface area contributed by atoms with Crippen molar-refractivity contribution in [3.8, 4) is 17.2 Å². The molecule has 0 aromatic heterocycles. The van der Waals surface area contributed by atoms with Gasteiger partial charge in [-0.15, -0.1) is 0 Å². The van der Waals surface area contributed by atoms with Gasteiger partial charge in [0.25, 0.3) is 0 Å². The van der Waals surface area contributed by atoms with Crippen molar-refractivity contribution in [1.29, 1.82) is 0 Å². The number of benzene rings is 2. The summed E-state index contributed by atoms with van der Waals surface area (Å²) in [7, 11) is 1.98. The predicted molar refractivity (Wildman–Crippen MR) is 86.2 cm³/mol. The second-order valence-corrected chi connectivity index (χ2v) is 4.83. The lowest BCUT2D eigenvalue weighted by atomic mass is 10.0. The van der Waals surface area contributed by atoms with E-state index in [0.717, 1.165) is 23.7 Å². The van der Waals surface area contributed by atoms with Crippen LogP contribution in [-0.4, -0.2) is 13.7 Å². The lowest BCUT2D eigenvalue weighted by molar-refractivity contribution is 0.338. The third kappa shape index (κ3) is 4.23. The van der Waals surface area contributed by atoms with Gasteiger partial charge in [0.05, 0.1) is 6.61 Å². The average Bonchev–Trinajstić information content (AvgIpc) is 2.51. The molecule has 3 heteroatoms. The minimum Gasteiger partial charge on any atom is -0.494 e. The highest BCUT2D eigenvalue weighted by molar-refractivity contribution is 5.38. The van der Waals surface area contributed by atoms with Crippen LogP contribution < -0.4 is 14.8 Å². The zero-order chi connectivity index (χ0) is 15.1. The predicted octanol–water partition coefficient (Wildman–Crippen LogP) is 4.55.